The molecule has 84 valence electrons. The van der Waals surface area contributed by atoms with Crippen molar-refractivity contribution < 1.29 is 9.50 Å². The Kier molecular flexibility index (Phi) is 3.70. The highest BCUT2D eigenvalue weighted by molar-refractivity contribution is 7.10. The first-order valence-electron chi connectivity index (χ1n) is 5.24. The molecule has 1 N–H and O–H groups in total. The van der Waals surface area contributed by atoms with Crippen molar-refractivity contribution in [3.63, 3.8) is 0 Å². The van der Waals surface area contributed by atoms with E-state index >= 15 is 0 Å². The number of halogens is 1. The molecule has 0 aliphatic carbocycles. The maximum atomic E-state index is 12.8. The minimum absolute atomic E-state index is 0.209. The van der Waals surface area contributed by atoms with Crippen molar-refractivity contribution in [2.24, 2.45) is 0 Å². The zero-order valence-electron chi connectivity index (χ0n) is 8.82. The lowest BCUT2D eigenvalue weighted by molar-refractivity contribution is 0.289. The average molecular weight is 236 g/mol. The molecule has 0 saturated carbocycles. The molecule has 1 aromatic heterocycles. The van der Waals surface area contributed by atoms with Crippen LogP contribution in [0.2, 0.25) is 0 Å². The number of rotatable bonds is 4. The monoisotopic (exact) mass is 236 g/mol. The number of hydrogen-bond acceptors (Lipinski definition) is 2. The van der Waals surface area contributed by atoms with Gasteiger partial charge in [0.2, 0.25) is 0 Å². The summed E-state index contributed by atoms with van der Waals surface area (Å²) >= 11 is 1.68. The molecule has 1 nitrogen and oxygen atoms in total. The van der Waals surface area contributed by atoms with E-state index in [9.17, 15) is 4.39 Å². The normalized spacial score (nSPS) is 10.6. The molecule has 16 heavy (non-hydrogen) atoms. The molecule has 1 heterocycles. The summed E-state index contributed by atoms with van der Waals surface area (Å²) in [4.78, 5) is 1.25. The minimum Gasteiger partial charge on any atom is -0.396 e. The molecule has 0 radical (unpaired) electrons. The van der Waals surface area contributed by atoms with Crippen molar-refractivity contribution in [3.8, 4) is 11.1 Å². The van der Waals surface area contributed by atoms with Crippen LogP contribution in [0.5, 0.6) is 0 Å². The van der Waals surface area contributed by atoms with Crippen LogP contribution in [0, 0.1) is 5.82 Å². The van der Waals surface area contributed by atoms with E-state index in [0.29, 0.717) is 0 Å². The number of aryl methyl sites for hydroxylation is 1. The van der Waals surface area contributed by atoms with Gasteiger partial charge in [-0.15, -0.1) is 11.3 Å². The van der Waals surface area contributed by atoms with Crippen molar-refractivity contribution in [1.82, 2.24) is 0 Å². The lowest BCUT2D eigenvalue weighted by atomic mass is 10.0. The maximum absolute atomic E-state index is 12.8. The summed E-state index contributed by atoms with van der Waals surface area (Å²) in [6, 6.07) is 8.58. The van der Waals surface area contributed by atoms with Crippen molar-refractivity contribution in [2.45, 2.75) is 12.8 Å². The van der Waals surface area contributed by atoms with E-state index in [0.717, 1.165) is 24.0 Å². The van der Waals surface area contributed by atoms with E-state index in [1.165, 1.54) is 17.0 Å². The van der Waals surface area contributed by atoms with Crippen LogP contribution in [0.15, 0.2) is 35.7 Å². The van der Waals surface area contributed by atoms with Gasteiger partial charge in [-0.2, -0.15) is 0 Å². The number of thiophene rings is 1. The predicted molar refractivity (Wildman–Crippen MR) is 65.1 cm³/mol. The molecule has 0 bridgehead atoms. The second-order valence-electron chi connectivity index (χ2n) is 3.59. The average Bonchev–Trinajstić information content (AvgIpc) is 2.75. The van der Waals surface area contributed by atoms with E-state index < -0.39 is 0 Å². The van der Waals surface area contributed by atoms with Crippen LogP contribution >= 0.6 is 11.3 Å². The van der Waals surface area contributed by atoms with Gasteiger partial charge in [-0.25, -0.2) is 4.39 Å². The van der Waals surface area contributed by atoms with Gasteiger partial charge in [-0.1, -0.05) is 12.1 Å². The minimum atomic E-state index is -0.212. The maximum Gasteiger partial charge on any atom is 0.123 e. The van der Waals surface area contributed by atoms with Gasteiger partial charge >= 0.3 is 0 Å². The zero-order chi connectivity index (χ0) is 11.4. The quantitative estimate of drug-likeness (QED) is 0.861. The molecule has 0 atom stereocenters. The van der Waals surface area contributed by atoms with E-state index in [-0.39, 0.29) is 12.4 Å². The number of hydrogen-bond donors (Lipinski definition) is 1. The lowest BCUT2D eigenvalue weighted by Crippen LogP contribution is -1.88. The summed E-state index contributed by atoms with van der Waals surface area (Å²) in [6.07, 6.45) is 1.65. The Morgan fingerprint density at radius 1 is 1.12 bits per heavy atom. The molecule has 1 aromatic carbocycles. The van der Waals surface area contributed by atoms with Crippen LogP contribution in [0.1, 0.15) is 11.3 Å². The molecule has 0 saturated heterocycles. The molecule has 0 spiro atoms. The van der Waals surface area contributed by atoms with Crippen molar-refractivity contribution >= 4 is 11.3 Å². The molecular weight excluding hydrogens is 223 g/mol. The van der Waals surface area contributed by atoms with Crippen LogP contribution in [0.4, 0.5) is 4.39 Å². The Morgan fingerprint density at radius 3 is 2.56 bits per heavy atom. The first kappa shape index (κ1) is 11.3. The standard InChI is InChI=1S/C13H13FOS/c14-11-5-3-10(4-6-11)12-7-9-16-13(12)2-1-8-15/h3-7,9,15H,1-2,8H2. The van der Waals surface area contributed by atoms with Crippen molar-refractivity contribution in [3.05, 3.63) is 46.4 Å². The van der Waals surface area contributed by atoms with Crippen LogP contribution in [-0.4, -0.2) is 11.7 Å². The van der Waals surface area contributed by atoms with Gasteiger partial charge in [0.1, 0.15) is 5.82 Å². The van der Waals surface area contributed by atoms with Crippen LogP contribution in [0.25, 0.3) is 11.1 Å². The number of aliphatic hydroxyl groups is 1. The van der Waals surface area contributed by atoms with Crippen LogP contribution in [-0.2, 0) is 6.42 Å². The summed E-state index contributed by atoms with van der Waals surface area (Å²) in [7, 11) is 0. The van der Waals surface area contributed by atoms with Crippen molar-refractivity contribution in [1.29, 1.82) is 0 Å². The van der Waals surface area contributed by atoms with Gasteiger partial charge in [0.05, 0.1) is 0 Å². The smallest absolute Gasteiger partial charge is 0.123 e. The first-order chi connectivity index (χ1) is 7.81. The van der Waals surface area contributed by atoms with Crippen LogP contribution in [0.3, 0.4) is 0 Å². The summed E-state index contributed by atoms with van der Waals surface area (Å²) in [5.74, 6) is -0.212. The molecule has 2 rings (SSSR count). The highest BCUT2D eigenvalue weighted by Crippen LogP contribution is 2.29. The Bertz CT molecular complexity index is 447. The first-order valence-corrected chi connectivity index (χ1v) is 6.12. The van der Waals surface area contributed by atoms with Gasteiger partial charge in [-0.3, -0.25) is 0 Å². The molecular formula is C13H13FOS. The number of benzene rings is 1. The molecule has 0 aliphatic heterocycles. The Balaban J connectivity index is 2.26. The summed E-state index contributed by atoms with van der Waals surface area (Å²) < 4.78 is 12.8. The largest absolute Gasteiger partial charge is 0.396 e. The summed E-state index contributed by atoms with van der Waals surface area (Å²) in [5.41, 5.74) is 2.19. The molecule has 0 aliphatic rings. The molecule has 0 fully saturated rings. The second kappa shape index (κ2) is 5.23. The Labute approximate surface area is 98.2 Å². The van der Waals surface area contributed by atoms with E-state index in [1.807, 2.05) is 11.4 Å². The molecule has 0 amide bonds. The fourth-order valence-electron chi connectivity index (χ4n) is 1.66. The third-order valence-corrected chi connectivity index (χ3v) is 3.44. The van der Waals surface area contributed by atoms with Crippen LogP contribution < -0.4 is 0 Å². The summed E-state index contributed by atoms with van der Waals surface area (Å²) in [6.45, 7) is 0.209. The predicted octanol–water partition coefficient (Wildman–Crippen LogP) is 3.48. The van der Waals surface area contributed by atoms with Gasteiger partial charge in [0, 0.05) is 11.5 Å². The SMILES string of the molecule is OCCCc1sccc1-c1ccc(F)cc1. The number of aliphatic hydroxyl groups excluding tert-OH is 1. The Hall–Kier alpha value is -1.19. The third kappa shape index (κ3) is 2.49. The lowest BCUT2D eigenvalue weighted by Gasteiger charge is -2.03. The fraction of sp³-hybridized carbons (Fsp3) is 0.231. The fourth-order valence-corrected chi connectivity index (χ4v) is 2.60. The van der Waals surface area contributed by atoms with Crippen molar-refractivity contribution in [2.75, 3.05) is 6.61 Å². The molecule has 3 heteroatoms. The van der Waals surface area contributed by atoms with E-state index in [4.69, 9.17) is 5.11 Å². The van der Waals surface area contributed by atoms with Gasteiger partial charge in [0.25, 0.3) is 0 Å². The van der Waals surface area contributed by atoms with E-state index in [1.54, 1.807) is 23.5 Å². The van der Waals surface area contributed by atoms with Gasteiger partial charge in [-0.05, 0) is 47.5 Å². The second-order valence-corrected chi connectivity index (χ2v) is 4.59. The third-order valence-electron chi connectivity index (χ3n) is 2.46. The van der Waals surface area contributed by atoms with E-state index in [2.05, 4.69) is 0 Å². The van der Waals surface area contributed by atoms with Gasteiger partial charge in [0.15, 0.2) is 0 Å². The molecule has 2 aromatic rings. The molecule has 0 unspecified atom stereocenters. The zero-order valence-corrected chi connectivity index (χ0v) is 9.64. The Morgan fingerprint density at radius 2 is 1.88 bits per heavy atom. The summed E-state index contributed by atoms with van der Waals surface area (Å²) in [5, 5.41) is 10.9. The highest BCUT2D eigenvalue weighted by atomic mass is 32.1. The van der Waals surface area contributed by atoms with Gasteiger partial charge < -0.3 is 5.11 Å². The highest BCUT2D eigenvalue weighted by Gasteiger charge is 2.06. The topological polar surface area (TPSA) is 20.2 Å².